The molecule has 1 heterocycles. The van der Waals surface area contributed by atoms with Gasteiger partial charge in [0.15, 0.2) is 17.3 Å². The van der Waals surface area contributed by atoms with Crippen LogP contribution in [0.2, 0.25) is 0 Å². The molecule has 0 saturated heterocycles. The molecule has 1 unspecified atom stereocenters. The van der Waals surface area contributed by atoms with E-state index in [2.05, 4.69) is 16.7 Å². The summed E-state index contributed by atoms with van der Waals surface area (Å²) in [6, 6.07) is 13.3. The highest BCUT2D eigenvalue weighted by Crippen LogP contribution is 2.48. The van der Waals surface area contributed by atoms with Crippen LogP contribution < -0.4 is 20.1 Å². The van der Waals surface area contributed by atoms with Gasteiger partial charge in [0.25, 0.3) is 0 Å². The van der Waals surface area contributed by atoms with Gasteiger partial charge in [-0.1, -0.05) is 37.7 Å². The average Bonchev–Trinajstić information content (AvgIpc) is 2.85. The number of carbonyl (C=O) groups excluding carboxylic acids is 2. The van der Waals surface area contributed by atoms with Gasteiger partial charge in [0.05, 0.1) is 42.6 Å². The lowest BCUT2D eigenvalue weighted by Crippen LogP contribution is -2.37. The van der Waals surface area contributed by atoms with E-state index in [1.165, 1.54) is 37.1 Å². The van der Waals surface area contributed by atoms with E-state index < -0.39 is 11.7 Å². The SMILES string of the molecule is COc1ccc(C2C(C#N)=C(SCC(=O)Nc3cccc(F)c3)NC3=C2C(=O)CC(C)(C)C3)cc1OC. The number of Topliss-reactive ketones (excluding diaryl/α,β-unsaturated/α-hetero) is 1. The molecule has 2 N–H and O–H groups in total. The number of amides is 1. The molecule has 0 radical (unpaired) electrons. The Labute approximate surface area is 219 Å². The van der Waals surface area contributed by atoms with Gasteiger partial charge in [0.2, 0.25) is 5.91 Å². The Hall–Kier alpha value is -3.77. The maximum Gasteiger partial charge on any atom is 0.234 e. The summed E-state index contributed by atoms with van der Waals surface area (Å²) in [6.07, 6.45) is 0.991. The van der Waals surface area contributed by atoms with Gasteiger partial charge in [0, 0.05) is 23.4 Å². The van der Waals surface area contributed by atoms with Crippen molar-refractivity contribution < 1.29 is 23.5 Å². The number of halogens is 1. The highest BCUT2D eigenvalue weighted by Gasteiger charge is 2.42. The third-order valence-corrected chi connectivity index (χ3v) is 7.34. The highest BCUT2D eigenvalue weighted by molar-refractivity contribution is 8.03. The third-order valence-electron chi connectivity index (χ3n) is 6.32. The first-order chi connectivity index (χ1) is 17.7. The van der Waals surface area contributed by atoms with Crippen molar-refractivity contribution >= 4 is 29.1 Å². The zero-order valence-corrected chi connectivity index (χ0v) is 21.9. The summed E-state index contributed by atoms with van der Waals surface area (Å²) in [7, 11) is 3.07. The minimum Gasteiger partial charge on any atom is -0.493 e. The van der Waals surface area contributed by atoms with Crippen LogP contribution in [0.5, 0.6) is 11.5 Å². The number of carbonyl (C=O) groups is 2. The summed E-state index contributed by atoms with van der Waals surface area (Å²) in [5.74, 6) is -0.400. The Morgan fingerprint density at radius 1 is 1.19 bits per heavy atom. The van der Waals surface area contributed by atoms with E-state index in [0.717, 1.165) is 11.3 Å². The first kappa shape index (κ1) is 26.3. The summed E-state index contributed by atoms with van der Waals surface area (Å²) >= 11 is 1.17. The summed E-state index contributed by atoms with van der Waals surface area (Å²) < 4.78 is 24.3. The van der Waals surface area contributed by atoms with E-state index in [0.29, 0.717) is 46.2 Å². The molecule has 2 aliphatic rings. The number of rotatable bonds is 7. The van der Waals surface area contributed by atoms with Crippen LogP contribution in [-0.2, 0) is 9.59 Å². The van der Waals surface area contributed by atoms with Crippen molar-refractivity contribution in [1.29, 1.82) is 5.26 Å². The van der Waals surface area contributed by atoms with Gasteiger partial charge >= 0.3 is 0 Å². The summed E-state index contributed by atoms with van der Waals surface area (Å²) in [5.41, 5.74) is 2.50. The van der Waals surface area contributed by atoms with E-state index >= 15 is 0 Å². The largest absolute Gasteiger partial charge is 0.493 e. The number of nitrogens with zero attached hydrogens (tertiary/aromatic N) is 1. The minimum atomic E-state index is -0.613. The predicted octanol–water partition coefficient (Wildman–Crippen LogP) is 5.28. The second-order valence-corrected chi connectivity index (χ2v) is 10.7. The number of thioether (sulfide) groups is 1. The molecule has 1 aliphatic carbocycles. The fourth-order valence-electron chi connectivity index (χ4n) is 4.76. The Kier molecular flexibility index (Phi) is 7.60. The fourth-order valence-corrected chi connectivity index (χ4v) is 5.62. The Morgan fingerprint density at radius 3 is 2.62 bits per heavy atom. The first-order valence-corrected chi connectivity index (χ1v) is 12.7. The molecule has 192 valence electrons. The molecule has 0 bridgehead atoms. The van der Waals surface area contributed by atoms with E-state index in [1.807, 2.05) is 19.9 Å². The lowest BCUT2D eigenvalue weighted by atomic mass is 9.69. The van der Waals surface area contributed by atoms with Crippen LogP contribution in [0.3, 0.4) is 0 Å². The van der Waals surface area contributed by atoms with Gasteiger partial charge in [-0.05, 0) is 47.7 Å². The number of benzene rings is 2. The van der Waals surface area contributed by atoms with Gasteiger partial charge in [-0.3, -0.25) is 9.59 Å². The van der Waals surface area contributed by atoms with E-state index in [1.54, 1.807) is 25.3 Å². The quantitative estimate of drug-likeness (QED) is 0.511. The Bertz CT molecular complexity index is 1360. The number of anilines is 1. The molecule has 0 spiro atoms. The number of ketones is 1. The van der Waals surface area contributed by atoms with E-state index in [-0.39, 0.29) is 22.9 Å². The maximum absolute atomic E-state index is 13.5. The topological polar surface area (TPSA) is 100 Å². The molecule has 1 aliphatic heterocycles. The number of nitrogens with one attached hydrogen (secondary N) is 2. The van der Waals surface area contributed by atoms with Crippen molar-refractivity contribution in [3.63, 3.8) is 0 Å². The molecule has 1 amide bonds. The standard InChI is InChI=1S/C28H28FN3O4S/c1-28(2)12-20-26(21(33)13-28)25(16-8-9-22(35-3)23(10-16)36-4)19(14-30)27(32-20)37-15-24(34)31-18-7-5-6-17(29)11-18/h5-11,25,32H,12-13,15H2,1-4H3,(H,31,34). The monoisotopic (exact) mass is 521 g/mol. The predicted molar refractivity (Wildman–Crippen MR) is 141 cm³/mol. The van der Waals surface area contributed by atoms with Crippen molar-refractivity contribution in [2.75, 3.05) is 25.3 Å². The number of methoxy groups -OCH3 is 2. The van der Waals surface area contributed by atoms with Crippen molar-refractivity contribution in [2.24, 2.45) is 5.41 Å². The van der Waals surface area contributed by atoms with Gasteiger partial charge in [-0.15, -0.1) is 0 Å². The Balaban J connectivity index is 1.70. The molecular formula is C28H28FN3O4S. The molecule has 4 rings (SSSR count). The molecule has 0 aromatic heterocycles. The number of ether oxygens (including phenoxy) is 2. The van der Waals surface area contributed by atoms with Crippen molar-refractivity contribution in [3.8, 4) is 17.6 Å². The molecule has 0 fully saturated rings. The molecule has 7 nitrogen and oxygen atoms in total. The van der Waals surface area contributed by atoms with Gasteiger partial charge in [0.1, 0.15) is 5.82 Å². The number of hydrogen-bond acceptors (Lipinski definition) is 7. The number of nitriles is 1. The second-order valence-electron chi connectivity index (χ2n) is 9.71. The lowest BCUT2D eigenvalue weighted by Gasteiger charge is -2.39. The van der Waals surface area contributed by atoms with E-state index in [9.17, 15) is 19.2 Å². The highest BCUT2D eigenvalue weighted by atomic mass is 32.2. The van der Waals surface area contributed by atoms with Crippen LogP contribution >= 0.6 is 11.8 Å². The normalized spacial score (nSPS) is 18.5. The molecule has 2 aromatic carbocycles. The van der Waals surface area contributed by atoms with Crippen LogP contribution in [0.25, 0.3) is 0 Å². The summed E-state index contributed by atoms with van der Waals surface area (Å²) in [4.78, 5) is 26.0. The van der Waals surface area contributed by atoms with Gasteiger partial charge in [-0.25, -0.2) is 4.39 Å². The van der Waals surface area contributed by atoms with Crippen LogP contribution in [-0.4, -0.2) is 31.7 Å². The smallest absolute Gasteiger partial charge is 0.234 e. The zero-order chi connectivity index (χ0) is 26.7. The van der Waals surface area contributed by atoms with Gasteiger partial charge in [-0.2, -0.15) is 5.26 Å². The molecule has 37 heavy (non-hydrogen) atoms. The first-order valence-electron chi connectivity index (χ1n) is 11.7. The van der Waals surface area contributed by atoms with Gasteiger partial charge < -0.3 is 20.1 Å². The molecular weight excluding hydrogens is 493 g/mol. The molecule has 9 heteroatoms. The lowest BCUT2D eigenvalue weighted by molar-refractivity contribution is -0.118. The number of hydrogen-bond donors (Lipinski definition) is 2. The van der Waals surface area contributed by atoms with Crippen LogP contribution in [0, 0.1) is 22.6 Å². The minimum absolute atomic E-state index is 0.0113. The maximum atomic E-state index is 13.5. The molecule has 2 aromatic rings. The third kappa shape index (κ3) is 5.65. The van der Waals surface area contributed by atoms with E-state index in [4.69, 9.17) is 9.47 Å². The second kappa shape index (κ2) is 10.7. The Morgan fingerprint density at radius 2 is 1.95 bits per heavy atom. The number of dihydropyridines is 1. The summed E-state index contributed by atoms with van der Waals surface area (Å²) in [6.45, 7) is 4.06. The molecule has 0 saturated carbocycles. The summed E-state index contributed by atoms with van der Waals surface area (Å²) in [5, 5.41) is 16.7. The fraction of sp³-hybridized carbons (Fsp3) is 0.321. The zero-order valence-electron chi connectivity index (χ0n) is 21.1. The van der Waals surface area contributed by atoms with Crippen molar-refractivity contribution in [1.82, 2.24) is 5.32 Å². The van der Waals surface area contributed by atoms with Crippen molar-refractivity contribution in [2.45, 2.75) is 32.6 Å². The average molecular weight is 522 g/mol. The molecule has 1 atom stereocenters. The number of allylic oxidation sites excluding steroid dienone is 3. The van der Waals surface area contributed by atoms with Crippen LogP contribution in [0.4, 0.5) is 10.1 Å². The van der Waals surface area contributed by atoms with Crippen molar-refractivity contribution in [3.05, 3.63) is 75.7 Å². The van der Waals surface area contributed by atoms with Crippen LogP contribution in [0.15, 0.2) is 64.3 Å². The van der Waals surface area contributed by atoms with Crippen LogP contribution in [0.1, 0.15) is 38.2 Å².